The molecule has 0 spiro atoms. The van der Waals surface area contributed by atoms with Crippen LogP contribution in [0.5, 0.6) is 5.75 Å². The number of hydrogen-bond donors (Lipinski definition) is 3. The van der Waals surface area contributed by atoms with Gasteiger partial charge in [0.1, 0.15) is 24.1 Å². The fourth-order valence-corrected chi connectivity index (χ4v) is 1.77. The normalized spacial score (nSPS) is 36.3. The van der Waals surface area contributed by atoms with Crippen LogP contribution in [0.2, 0.25) is 0 Å². The number of halogens is 1. The Kier molecular flexibility index (Phi) is 4.13. The molecule has 100 valence electrons. The van der Waals surface area contributed by atoms with Crippen LogP contribution in [-0.4, -0.2) is 52.7 Å². The quantitative estimate of drug-likeness (QED) is 0.702. The number of ether oxygens (including phenoxy) is 2. The van der Waals surface area contributed by atoms with Gasteiger partial charge in [-0.25, -0.2) is 4.39 Å². The molecule has 0 saturated carbocycles. The molecule has 18 heavy (non-hydrogen) atoms. The summed E-state index contributed by atoms with van der Waals surface area (Å²) >= 11 is 0. The van der Waals surface area contributed by atoms with E-state index in [1.165, 1.54) is 0 Å². The molecule has 1 heterocycles. The van der Waals surface area contributed by atoms with E-state index in [4.69, 9.17) is 14.6 Å². The third-order valence-corrected chi connectivity index (χ3v) is 2.80. The fraction of sp³-hybridized carbons (Fsp3) is 0.500. The average molecular weight is 258 g/mol. The molecule has 0 amide bonds. The number of aliphatic hydroxyl groups excluding tert-OH is 3. The van der Waals surface area contributed by atoms with Crippen molar-refractivity contribution in [1.82, 2.24) is 0 Å². The van der Waals surface area contributed by atoms with Crippen LogP contribution in [0.4, 0.5) is 4.39 Å². The molecule has 0 bridgehead atoms. The van der Waals surface area contributed by atoms with E-state index in [0.29, 0.717) is 5.75 Å². The first-order chi connectivity index (χ1) is 8.63. The molecule has 0 aliphatic carbocycles. The predicted molar refractivity (Wildman–Crippen MR) is 59.7 cm³/mol. The van der Waals surface area contributed by atoms with Gasteiger partial charge in [-0.3, -0.25) is 0 Å². The van der Waals surface area contributed by atoms with Gasteiger partial charge in [0, 0.05) is 0 Å². The average Bonchev–Trinajstić information content (AvgIpc) is 2.40. The van der Waals surface area contributed by atoms with Crippen LogP contribution in [0.1, 0.15) is 0 Å². The molecule has 0 aromatic heterocycles. The van der Waals surface area contributed by atoms with E-state index >= 15 is 0 Å². The highest BCUT2D eigenvalue weighted by Gasteiger charge is 2.45. The minimum atomic E-state index is -1.93. The van der Waals surface area contributed by atoms with E-state index in [1.54, 1.807) is 30.3 Å². The number of benzene rings is 1. The van der Waals surface area contributed by atoms with Crippen molar-refractivity contribution >= 4 is 0 Å². The molecular formula is C12H15FO5. The summed E-state index contributed by atoms with van der Waals surface area (Å²) in [5.41, 5.74) is 0. The standard InChI is InChI=1S/C12H15FO5/c13-9-10(15)8(6-14)18-12(11(9)16)17-7-4-2-1-3-5-7/h1-5,8-12,14-16H,6H2/t8?,9-,10-,11?,12+/m1/s1. The Bertz CT molecular complexity index is 372. The summed E-state index contributed by atoms with van der Waals surface area (Å²) in [5.74, 6) is 0.404. The minimum Gasteiger partial charge on any atom is -0.462 e. The fourth-order valence-electron chi connectivity index (χ4n) is 1.77. The molecule has 1 aliphatic heterocycles. The van der Waals surface area contributed by atoms with Crippen LogP contribution in [0.25, 0.3) is 0 Å². The molecule has 0 radical (unpaired) electrons. The Morgan fingerprint density at radius 2 is 1.83 bits per heavy atom. The molecule has 2 unspecified atom stereocenters. The maximum Gasteiger partial charge on any atom is 0.229 e. The van der Waals surface area contributed by atoms with Gasteiger partial charge in [0.25, 0.3) is 0 Å². The largest absolute Gasteiger partial charge is 0.462 e. The second-order valence-corrected chi connectivity index (χ2v) is 4.08. The highest BCUT2D eigenvalue weighted by Crippen LogP contribution is 2.25. The second-order valence-electron chi connectivity index (χ2n) is 4.08. The van der Waals surface area contributed by atoms with Crippen LogP contribution in [-0.2, 0) is 4.74 Å². The lowest BCUT2D eigenvalue weighted by molar-refractivity contribution is -0.265. The predicted octanol–water partition coefficient (Wildman–Crippen LogP) is -0.157. The van der Waals surface area contributed by atoms with Gasteiger partial charge < -0.3 is 24.8 Å². The first-order valence-electron chi connectivity index (χ1n) is 5.61. The molecular weight excluding hydrogens is 243 g/mol. The van der Waals surface area contributed by atoms with E-state index in [9.17, 15) is 14.6 Å². The molecule has 6 heteroatoms. The van der Waals surface area contributed by atoms with Crippen molar-refractivity contribution in [2.75, 3.05) is 6.61 Å². The third-order valence-electron chi connectivity index (χ3n) is 2.80. The van der Waals surface area contributed by atoms with Crippen LogP contribution >= 0.6 is 0 Å². The summed E-state index contributed by atoms with van der Waals surface area (Å²) in [6, 6.07) is 8.47. The smallest absolute Gasteiger partial charge is 0.229 e. The zero-order valence-corrected chi connectivity index (χ0v) is 9.52. The number of alkyl halides is 1. The van der Waals surface area contributed by atoms with Crippen molar-refractivity contribution in [2.45, 2.75) is 30.8 Å². The summed E-state index contributed by atoms with van der Waals surface area (Å²) in [4.78, 5) is 0. The Morgan fingerprint density at radius 1 is 1.17 bits per heavy atom. The molecule has 5 nitrogen and oxygen atoms in total. The summed E-state index contributed by atoms with van der Waals surface area (Å²) in [5, 5.41) is 28.0. The highest BCUT2D eigenvalue weighted by molar-refractivity contribution is 5.21. The van der Waals surface area contributed by atoms with Crippen molar-refractivity contribution in [2.24, 2.45) is 0 Å². The molecule has 3 N–H and O–H groups in total. The van der Waals surface area contributed by atoms with Gasteiger partial charge in [0.2, 0.25) is 6.29 Å². The van der Waals surface area contributed by atoms with Gasteiger partial charge in [0.05, 0.1) is 6.61 Å². The third kappa shape index (κ3) is 2.62. The maximum absolute atomic E-state index is 13.6. The minimum absolute atomic E-state index is 0.404. The Balaban J connectivity index is 2.08. The number of hydrogen-bond acceptors (Lipinski definition) is 5. The Morgan fingerprint density at radius 3 is 2.44 bits per heavy atom. The van der Waals surface area contributed by atoms with Crippen molar-refractivity contribution in [3.05, 3.63) is 30.3 Å². The Labute approximate surface area is 103 Å². The number of aliphatic hydroxyl groups is 3. The molecule has 1 aromatic rings. The van der Waals surface area contributed by atoms with Crippen LogP contribution < -0.4 is 4.74 Å². The van der Waals surface area contributed by atoms with E-state index < -0.39 is 37.4 Å². The topological polar surface area (TPSA) is 79.2 Å². The lowest BCUT2D eigenvalue weighted by Gasteiger charge is -2.38. The molecule has 5 atom stereocenters. The summed E-state index contributed by atoms with van der Waals surface area (Å²) < 4.78 is 24.0. The maximum atomic E-state index is 13.6. The first-order valence-corrected chi connectivity index (χ1v) is 5.61. The van der Waals surface area contributed by atoms with Gasteiger partial charge >= 0.3 is 0 Å². The molecule has 1 aliphatic rings. The molecule has 1 saturated heterocycles. The van der Waals surface area contributed by atoms with Gasteiger partial charge in [0.15, 0.2) is 6.17 Å². The van der Waals surface area contributed by atoms with E-state index in [-0.39, 0.29) is 0 Å². The van der Waals surface area contributed by atoms with Gasteiger partial charge in [-0.1, -0.05) is 18.2 Å². The van der Waals surface area contributed by atoms with Gasteiger partial charge in [-0.2, -0.15) is 0 Å². The first kappa shape index (κ1) is 13.2. The van der Waals surface area contributed by atoms with Crippen LogP contribution in [0, 0.1) is 0 Å². The Hall–Kier alpha value is -1.21. The van der Waals surface area contributed by atoms with Crippen molar-refractivity contribution in [1.29, 1.82) is 0 Å². The monoisotopic (exact) mass is 258 g/mol. The lowest BCUT2D eigenvalue weighted by Crippen LogP contribution is -2.58. The van der Waals surface area contributed by atoms with Crippen LogP contribution in [0.15, 0.2) is 30.3 Å². The summed E-state index contributed by atoms with van der Waals surface area (Å²) in [6.07, 6.45) is -7.48. The molecule has 1 aromatic carbocycles. The van der Waals surface area contributed by atoms with Gasteiger partial charge in [-0.15, -0.1) is 0 Å². The van der Waals surface area contributed by atoms with E-state index in [1.807, 2.05) is 0 Å². The second kappa shape index (κ2) is 5.62. The number of rotatable bonds is 3. The summed E-state index contributed by atoms with van der Waals surface area (Å²) in [7, 11) is 0. The highest BCUT2D eigenvalue weighted by atomic mass is 19.1. The van der Waals surface area contributed by atoms with E-state index in [0.717, 1.165) is 0 Å². The van der Waals surface area contributed by atoms with Crippen LogP contribution in [0.3, 0.4) is 0 Å². The zero-order valence-electron chi connectivity index (χ0n) is 9.52. The van der Waals surface area contributed by atoms with E-state index in [2.05, 4.69) is 0 Å². The van der Waals surface area contributed by atoms with Crippen molar-refractivity contribution in [3.8, 4) is 5.75 Å². The lowest BCUT2D eigenvalue weighted by atomic mass is 10.0. The molecule has 1 fully saturated rings. The number of para-hydroxylation sites is 1. The SMILES string of the molecule is OCC1O[C@H](Oc2ccccc2)C(O)[C@H](F)[C@@H]1O. The van der Waals surface area contributed by atoms with Crippen molar-refractivity contribution < 1.29 is 29.2 Å². The van der Waals surface area contributed by atoms with Crippen molar-refractivity contribution in [3.63, 3.8) is 0 Å². The molecule has 2 rings (SSSR count). The summed E-state index contributed by atoms with van der Waals surface area (Å²) in [6.45, 7) is -0.553. The van der Waals surface area contributed by atoms with Gasteiger partial charge in [-0.05, 0) is 12.1 Å². The zero-order chi connectivity index (χ0) is 13.1.